The highest BCUT2D eigenvalue weighted by molar-refractivity contribution is 5.78. The maximum absolute atomic E-state index is 14.5. The van der Waals surface area contributed by atoms with Crippen LogP contribution in [0.1, 0.15) is 16.7 Å². The molecule has 0 aliphatic rings. The first-order valence-electron chi connectivity index (χ1n) is 8.80. The Hall–Kier alpha value is -3.54. The molecule has 140 valence electrons. The molecule has 0 N–H and O–H groups in total. The summed E-state index contributed by atoms with van der Waals surface area (Å²) in [6, 6.07) is 12.3. The Morgan fingerprint density at radius 2 is 2.04 bits per heavy atom. The van der Waals surface area contributed by atoms with Crippen molar-refractivity contribution in [2.45, 2.75) is 13.3 Å². The number of fused-ring (bicyclic) bond motifs is 1. The Morgan fingerprint density at radius 1 is 1.18 bits per heavy atom. The quantitative estimate of drug-likeness (QED) is 0.544. The lowest BCUT2D eigenvalue weighted by molar-refractivity contribution is 0.412. The Morgan fingerprint density at radius 3 is 2.79 bits per heavy atom. The Balaban J connectivity index is 1.79. The predicted octanol–water partition coefficient (Wildman–Crippen LogP) is 3.83. The number of benzene rings is 2. The van der Waals surface area contributed by atoms with Gasteiger partial charge in [-0.3, -0.25) is 14.3 Å². The molecule has 2 aromatic carbocycles. The number of aromatic nitrogens is 3. The number of methoxy groups -OCH3 is 1. The van der Waals surface area contributed by atoms with E-state index in [1.165, 1.54) is 10.9 Å². The second-order valence-corrected chi connectivity index (χ2v) is 6.58. The van der Waals surface area contributed by atoms with Gasteiger partial charge in [0.15, 0.2) is 0 Å². The van der Waals surface area contributed by atoms with E-state index in [-0.39, 0.29) is 11.4 Å². The van der Waals surface area contributed by atoms with Crippen molar-refractivity contribution in [1.29, 1.82) is 0 Å². The third-order valence-electron chi connectivity index (χ3n) is 4.68. The molecule has 0 saturated heterocycles. The first kappa shape index (κ1) is 17.9. The average Bonchev–Trinajstić information content (AvgIpc) is 2.72. The normalized spacial score (nSPS) is 11.0. The minimum atomic E-state index is -0.264. The van der Waals surface area contributed by atoms with E-state index in [2.05, 4.69) is 9.97 Å². The summed E-state index contributed by atoms with van der Waals surface area (Å²) in [5.74, 6) is 0.343. The Kier molecular flexibility index (Phi) is 4.61. The maximum Gasteiger partial charge on any atom is 0.265 e. The summed E-state index contributed by atoms with van der Waals surface area (Å²) >= 11 is 0. The number of hydrogen-bond donors (Lipinski definition) is 0. The van der Waals surface area contributed by atoms with E-state index < -0.39 is 0 Å². The fourth-order valence-corrected chi connectivity index (χ4v) is 3.23. The van der Waals surface area contributed by atoms with Gasteiger partial charge in [0, 0.05) is 12.6 Å². The third-order valence-corrected chi connectivity index (χ3v) is 4.68. The molecule has 0 spiro atoms. The van der Waals surface area contributed by atoms with E-state index in [4.69, 9.17) is 4.74 Å². The van der Waals surface area contributed by atoms with Gasteiger partial charge in [0.2, 0.25) is 0 Å². The summed E-state index contributed by atoms with van der Waals surface area (Å²) in [6.07, 6.45) is 5.09. The van der Waals surface area contributed by atoms with Crippen LogP contribution >= 0.6 is 0 Å². The van der Waals surface area contributed by atoms with Crippen molar-refractivity contribution < 1.29 is 9.13 Å². The molecular weight excluding hydrogens is 357 g/mol. The van der Waals surface area contributed by atoms with E-state index in [1.807, 2.05) is 6.07 Å². The van der Waals surface area contributed by atoms with Gasteiger partial charge in [-0.15, -0.1) is 0 Å². The zero-order chi connectivity index (χ0) is 19.7. The summed E-state index contributed by atoms with van der Waals surface area (Å²) in [6.45, 7) is 1.71. The van der Waals surface area contributed by atoms with Gasteiger partial charge in [-0.05, 0) is 60.0 Å². The lowest BCUT2D eigenvalue weighted by Crippen LogP contribution is -2.19. The predicted molar refractivity (Wildman–Crippen MR) is 106 cm³/mol. The molecule has 28 heavy (non-hydrogen) atoms. The van der Waals surface area contributed by atoms with Gasteiger partial charge in [0.1, 0.15) is 17.9 Å². The van der Waals surface area contributed by atoms with Crippen LogP contribution in [0.25, 0.3) is 16.6 Å². The zero-order valence-electron chi connectivity index (χ0n) is 15.5. The smallest absolute Gasteiger partial charge is 0.265 e. The third kappa shape index (κ3) is 3.24. The SMILES string of the molecule is COc1cc(C)c(F)c(Cc2ccc3ncn(-c4cccnc4)c(=O)c3c2)c1. The molecule has 0 aliphatic carbocycles. The van der Waals surface area contributed by atoms with E-state index in [0.717, 1.165) is 5.56 Å². The largest absolute Gasteiger partial charge is 0.497 e. The monoisotopic (exact) mass is 375 g/mol. The van der Waals surface area contributed by atoms with E-state index >= 15 is 0 Å². The Bertz CT molecular complexity index is 1220. The molecule has 4 aromatic rings. The van der Waals surface area contributed by atoms with Gasteiger partial charge < -0.3 is 4.74 Å². The molecule has 0 aliphatic heterocycles. The van der Waals surface area contributed by atoms with Crippen LogP contribution in [0.3, 0.4) is 0 Å². The number of halogens is 1. The fraction of sp³-hybridized carbons (Fsp3) is 0.136. The molecule has 2 heterocycles. The van der Waals surface area contributed by atoms with Crippen LogP contribution < -0.4 is 10.3 Å². The molecule has 0 bridgehead atoms. The van der Waals surface area contributed by atoms with Crippen LogP contribution in [0.5, 0.6) is 5.75 Å². The van der Waals surface area contributed by atoms with Crippen molar-refractivity contribution in [2.24, 2.45) is 0 Å². The standard InChI is InChI=1S/C22H18FN3O2/c1-14-8-18(28-2)11-16(21(14)23)9-15-5-6-20-19(10-15)22(27)26(13-25-20)17-4-3-7-24-12-17/h3-8,10-13H,9H2,1-2H3. The van der Waals surface area contributed by atoms with Crippen molar-refractivity contribution >= 4 is 10.9 Å². The topological polar surface area (TPSA) is 57.0 Å². The highest BCUT2D eigenvalue weighted by Gasteiger charge is 2.12. The molecule has 0 unspecified atom stereocenters. The molecule has 2 aromatic heterocycles. The number of ether oxygens (including phenoxy) is 1. The maximum atomic E-state index is 14.5. The van der Waals surface area contributed by atoms with Crippen molar-refractivity contribution in [2.75, 3.05) is 7.11 Å². The van der Waals surface area contributed by atoms with Gasteiger partial charge in [-0.25, -0.2) is 9.37 Å². The summed E-state index contributed by atoms with van der Waals surface area (Å²) in [4.78, 5) is 21.4. The molecule has 0 radical (unpaired) electrons. The first-order chi connectivity index (χ1) is 13.6. The lowest BCUT2D eigenvalue weighted by Gasteiger charge is -2.10. The van der Waals surface area contributed by atoms with E-state index in [0.29, 0.717) is 39.9 Å². The Labute approximate surface area is 161 Å². The fourth-order valence-electron chi connectivity index (χ4n) is 3.23. The van der Waals surface area contributed by atoms with Crippen molar-refractivity contribution in [1.82, 2.24) is 14.5 Å². The van der Waals surface area contributed by atoms with Crippen molar-refractivity contribution in [3.8, 4) is 11.4 Å². The minimum absolute atomic E-state index is 0.192. The molecule has 6 heteroatoms. The van der Waals surface area contributed by atoms with Crippen LogP contribution in [0.4, 0.5) is 4.39 Å². The molecule has 0 atom stereocenters. The number of aryl methyl sites for hydroxylation is 1. The summed E-state index contributed by atoms with van der Waals surface area (Å²) < 4.78 is 21.2. The van der Waals surface area contributed by atoms with Gasteiger partial charge >= 0.3 is 0 Å². The van der Waals surface area contributed by atoms with Crippen molar-refractivity contribution in [3.05, 3.63) is 94.0 Å². The van der Waals surface area contributed by atoms with E-state index in [9.17, 15) is 9.18 Å². The van der Waals surface area contributed by atoms with Gasteiger partial charge in [0.25, 0.3) is 5.56 Å². The van der Waals surface area contributed by atoms with Crippen LogP contribution in [0, 0.1) is 12.7 Å². The van der Waals surface area contributed by atoms with Crippen LogP contribution in [-0.2, 0) is 6.42 Å². The number of nitrogens with zero attached hydrogens (tertiary/aromatic N) is 3. The lowest BCUT2D eigenvalue weighted by atomic mass is 10.0. The molecule has 5 nitrogen and oxygen atoms in total. The molecule has 0 fully saturated rings. The number of pyridine rings is 1. The molecule has 4 rings (SSSR count). The highest BCUT2D eigenvalue weighted by Crippen LogP contribution is 2.24. The van der Waals surface area contributed by atoms with Gasteiger partial charge in [-0.2, -0.15) is 0 Å². The van der Waals surface area contributed by atoms with E-state index in [1.54, 1.807) is 62.8 Å². The molecular formula is C22H18FN3O2. The highest BCUT2D eigenvalue weighted by atomic mass is 19.1. The number of rotatable bonds is 4. The van der Waals surface area contributed by atoms with Crippen LogP contribution in [0.2, 0.25) is 0 Å². The summed E-state index contributed by atoms with van der Waals surface area (Å²) in [7, 11) is 1.55. The summed E-state index contributed by atoms with van der Waals surface area (Å²) in [5, 5.41) is 0.476. The molecule has 0 saturated carbocycles. The van der Waals surface area contributed by atoms with Crippen LogP contribution in [-0.4, -0.2) is 21.6 Å². The van der Waals surface area contributed by atoms with Gasteiger partial charge in [-0.1, -0.05) is 6.07 Å². The van der Waals surface area contributed by atoms with Crippen molar-refractivity contribution in [3.63, 3.8) is 0 Å². The second-order valence-electron chi connectivity index (χ2n) is 6.58. The molecule has 0 amide bonds. The minimum Gasteiger partial charge on any atom is -0.497 e. The average molecular weight is 375 g/mol. The first-order valence-corrected chi connectivity index (χ1v) is 8.80. The van der Waals surface area contributed by atoms with Crippen LogP contribution in [0.15, 0.2) is 66.0 Å². The number of hydrogen-bond acceptors (Lipinski definition) is 4. The second kappa shape index (κ2) is 7.23. The zero-order valence-corrected chi connectivity index (χ0v) is 15.5. The van der Waals surface area contributed by atoms with Gasteiger partial charge in [0.05, 0.1) is 29.9 Å². The summed E-state index contributed by atoms with van der Waals surface area (Å²) in [5.41, 5.74) is 2.91.